The maximum atomic E-state index is 13.1. The van der Waals surface area contributed by atoms with E-state index in [-0.39, 0.29) is 16.8 Å². The molecule has 0 spiro atoms. The third-order valence-corrected chi connectivity index (χ3v) is 7.27. The van der Waals surface area contributed by atoms with Crippen LogP contribution in [0.5, 0.6) is 5.75 Å². The summed E-state index contributed by atoms with van der Waals surface area (Å²) in [5.74, 6) is 1.25. The summed E-state index contributed by atoms with van der Waals surface area (Å²) in [6.07, 6.45) is 8.70. The van der Waals surface area contributed by atoms with E-state index in [1.54, 1.807) is 6.08 Å². The van der Waals surface area contributed by atoms with Crippen LogP contribution in [0.2, 0.25) is 0 Å². The maximum absolute atomic E-state index is 13.1. The lowest BCUT2D eigenvalue weighted by atomic mass is 9.59. The van der Waals surface area contributed by atoms with Gasteiger partial charge >= 0.3 is 5.97 Å². The van der Waals surface area contributed by atoms with E-state index in [0.717, 1.165) is 49.7 Å². The molecule has 0 saturated heterocycles. The Bertz CT molecular complexity index is 753. The third-order valence-electron chi connectivity index (χ3n) is 7.27. The van der Waals surface area contributed by atoms with Crippen LogP contribution in [-0.2, 0) is 14.3 Å². The molecule has 1 aromatic carbocycles. The van der Waals surface area contributed by atoms with Crippen molar-refractivity contribution in [2.75, 3.05) is 13.2 Å². The Morgan fingerprint density at radius 1 is 0.909 bits per heavy atom. The van der Waals surface area contributed by atoms with Crippen molar-refractivity contribution in [1.29, 1.82) is 0 Å². The minimum absolute atomic E-state index is 0.0631. The lowest BCUT2D eigenvalue weighted by Gasteiger charge is -2.45. The second-order valence-corrected chi connectivity index (χ2v) is 11.4. The topological polar surface area (TPSA) is 52.6 Å². The number of rotatable bonds is 14. The molecule has 1 rings (SSSR count). The third kappa shape index (κ3) is 9.35. The highest BCUT2D eigenvalue weighted by Crippen LogP contribution is 2.49. The second-order valence-electron chi connectivity index (χ2n) is 11.4. The normalized spacial score (nSPS) is 14.3. The predicted octanol–water partition coefficient (Wildman–Crippen LogP) is 7.51. The SMILES string of the molecule is CC(C)C(C)(C)CC(C)(C(=O)OCCCCCCOc1ccc(/C=C/C=O)cc1)C(C)(C)C. The summed E-state index contributed by atoms with van der Waals surface area (Å²) in [5.41, 5.74) is 0.344. The first-order valence-corrected chi connectivity index (χ1v) is 12.4. The molecule has 0 heterocycles. The zero-order valence-corrected chi connectivity index (χ0v) is 22.2. The molecule has 1 atom stereocenters. The van der Waals surface area contributed by atoms with Crippen LogP contribution in [0.3, 0.4) is 0 Å². The van der Waals surface area contributed by atoms with Crippen LogP contribution in [0, 0.1) is 22.2 Å². The van der Waals surface area contributed by atoms with Gasteiger partial charge < -0.3 is 9.47 Å². The molecule has 4 heteroatoms. The fourth-order valence-corrected chi connectivity index (χ4v) is 3.66. The summed E-state index contributed by atoms with van der Waals surface area (Å²) < 4.78 is 11.6. The van der Waals surface area contributed by atoms with E-state index in [9.17, 15) is 9.59 Å². The van der Waals surface area contributed by atoms with Crippen LogP contribution in [0.1, 0.15) is 93.1 Å². The molecule has 186 valence electrons. The molecule has 1 unspecified atom stereocenters. The Morgan fingerprint density at radius 3 is 2.00 bits per heavy atom. The summed E-state index contributed by atoms with van der Waals surface area (Å²) in [6, 6.07) is 7.68. The number of hydrogen-bond acceptors (Lipinski definition) is 4. The average molecular weight is 459 g/mol. The van der Waals surface area contributed by atoms with Gasteiger partial charge in [-0.25, -0.2) is 0 Å². The Labute approximate surface area is 202 Å². The van der Waals surface area contributed by atoms with Gasteiger partial charge in [-0.3, -0.25) is 9.59 Å². The van der Waals surface area contributed by atoms with Crippen LogP contribution >= 0.6 is 0 Å². The molecule has 0 aliphatic carbocycles. The number of esters is 1. The second kappa shape index (κ2) is 13.0. The van der Waals surface area contributed by atoms with Gasteiger partial charge in [-0.15, -0.1) is 0 Å². The van der Waals surface area contributed by atoms with Crippen LogP contribution in [0.4, 0.5) is 0 Å². The van der Waals surface area contributed by atoms with E-state index in [0.29, 0.717) is 19.1 Å². The van der Waals surface area contributed by atoms with Crippen molar-refractivity contribution in [3.8, 4) is 5.75 Å². The van der Waals surface area contributed by atoms with Crippen LogP contribution in [0.25, 0.3) is 6.08 Å². The lowest BCUT2D eigenvalue weighted by molar-refractivity contribution is -0.165. The van der Waals surface area contributed by atoms with E-state index in [2.05, 4.69) is 55.4 Å². The van der Waals surface area contributed by atoms with Gasteiger partial charge in [-0.2, -0.15) is 0 Å². The van der Waals surface area contributed by atoms with Crippen molar-refractivity contribution in [3.63, 3.8) is 0 Å². The fraction of sp³-hybridized carbons (Fsp3) is 0.655. The number of unbranched alkanes of at least 4 members (excludes halogenated alkanes) is 3. The molecule has 33 heavy (non-hydrogen) atoms. The first-order valence-electron chi connectivity index (χ1n) is 12.4. The zero-order valence-electron chi connectivity index (χ0n) is 22.2. The van der Waals surface area contributed by atoms with Crippen LogP contribution < -0.4 is 4.74 Å². The van der Waals surface area contributed by atoms with Gasteiger partial charge in [0.25, 0.3) is 0 Å². The smallest absolute Gasteiger partial charge is 0.312 e. The van der Waals surface area contributed by atoms with Crippen LogP contribution in [-0.4, -0.2) is 25.5 Å². The predicted molar refractivity (Wildman–Crippen MR) is 137 cm³/mol. The first-order chi connectivity index (χ1) is 15.3. The molecule has 0 radical (unpaired) electrons. The molecule has 0 aliphatic heterocycles. The highest BCUT2D eigenvalue weighted by Gasteiger charge is 2.49. The summed E-state index contributed by atoms with van der Waals surface area (Å²) in [6.45, 7) is 18.6. The zero-order chi connectivity index (χ0) is 25.1. The molecule has 0 amide bonds. The van der Waals surface area contributed by atoms with Crippen LogP contribution in [0.15, 0.2) is 30.3 Å². The van der Waals surface area contributed by atoms with E-state index in [1.807, 2.05) is 24.3 Å². The number of hydrogen-bond donors (Lipinski definition) is 0. The highest BCUT2D eigenvalue weighted by molar-refractivity contribution is 5.77. The Hall–Kier alpha value is -2.10. The molecule has 0 saturated carbocycles. The Morgan fingerprint density at radius 2 is 1.48 bits per heavy atom. The number of ether oxygens (including phenoxy) is 2. The van der Waals surface area contributed by atoms with E-state index in [4.69, 9.17) is 9.47 Å². The number of benzene rings is 1. The van der Waals surface area contributed by atoms with Crippen molar-refractivity contribution < 1.29 is 19.1 Å². The molecule has 0 aromatic heterocycles. The molecular formula is C29H46O4. The van der Waals surface area contributed by atoms with E-state index in [1.165, 1.54) is 6.08 Å². The van der Waals surface area contributed by atoms with Gasteiger partial charge in [0.05, 0.1) is 18.6 Å². The molecule has 0 bridgehead atoms. The van der Waals surface area contributed by atoms with Crippen molar-refractivity contribution in [3.05, 3.63) is 35.9 Å². The molecule has 1 aromatic rings. The van der Waals surface area contributed by atoms with Gasteiger partial charge in [0.2, 0.25) is 0 Å². The molecule has 0 aliphatic rings. The van der Waals surface area contributed by atoms with Gasteiger partial charge in [-0.1, -0.05) is 66.7 Å². The largest absolute Gasteiger partial charge is 0.494 e. The van der Waals surface area contributed by atoms with E-state index < -0.39 is 5.41 Å². The number of aldehydes is 1. The molecule has 0 N–H and O–H groups in total. The van der Waals surface area contributed by atoms with Gasteiger partial charge in [0.15, 0.2) is 0 Å². The minimum atomic E-state index is -0.521. The standard InChI is InChI=1S/C29H46O4/c1-23(2)28(6,7)22-29(8,27(3,4)5)26(31)33-21-12-10-9-11-20-32-25-17-15-24(16-18-25)14-13-19-30/h13-19,23H,9-12,20-22H2,1-8H3/b14-13+. The number of carbonyl (C=O) groups is 2. The summed E-state index contributed by atoms with van der Waals surface area (Å²) in [5, 5.41) is 0. The Balaban J connectivity index is 2.36. The maximum Gasteiger partial charge on any atom is 0.312 e. The minimum Gasteiger partial charge on any atom is -0.494 e. The van der Waals surface area contributed by atoms with Crippen molar-refractivity contribution in [2.45, 2.75) is 87.5 Å². The number of allylic oxidation sites excluding steroid dienone is 1. The van der Waals surface area contributed by atoms with Gasteiger partial charge in [0, 0.05) is 0 Å². The van der Waals surface area contributed by atoms with Gasteiger partial charge in [0.1, 0.15) is 12.0 Å². The fourth-order valence-electron chi connectivity index (χ4n) is 3.66. The summed E-state index contributed by atoms with van der Waals surface area (Å²) in [7, 11) is 0. The Kier molecular flexibility index (Phi) is 11.4. The average Bonchev–Trinajstić information content (AvgIpc) is 2.73. The summed E-state index contributed by atoms with van der Waals surface area (Å²) in [4.78, 5) is 23.5. The van der Waals surface area contributed by atoms with Crippen molar-refractivity contribution in [1.82, 2.24) is 0 Å². The van der Waals surface area contributed by atoms with Crippen molar-refractivity contribution in [2.24, 2.45) is 22.2 Å². The van der Waals surface area contributed by atoms with E-state index >= 15 is 0 Å². The molecule has 4 nitrogen and oxygen atoms in total. The molecular weight excluding hydrogens is 412 g/mol. The van der Waals surface area contributed by atoms with Crippen molar-refractivity contribution >= 4 is 18.3 Å². The first kappa shape index (κ1) is 28.9. The highest BCUT2D eigenvalue weighted by atomic mass is 16.5. The quantitative estimate of drug-likeness (QED) is 0.125. The molecule has 0 fully saturated rings. The van der Waals surface area contributed by atoms with Gasteiger partial charge in [-0.05, 0) is 79.5 Å². The monoisotopic (exact) mass is 458 g/mol. The lowest BCUT2D eigenvalue weighted by Crippen LogP contribution is -2.45. The summed E-state index contributed by atoms with van der Waals surface area (Å²) >= 11 is 0. The number of carbonyl (C=O) groups excluding carboxylic acids is 2.